The van der Waals surface area contributed by atoms with Crippen molar-refractivity contribution < 1.29 is 9.31 Å². The predicted octanol–water partition coefficient (Wildman–Crippen LogP) is 1.40. The van der Waals surface area contributed by atoms with E-state index in [2.05, 4.69) is 62.2 Å². The van der Waals surface area contributed by atoms with Crippen LogP contribution in [0.3, 0.4) is 0 Å². The van der Waals surface area contributed by atoms with Gasteiger partial charge in [0.1, 0.15) is 0 Å². The molecule has 2 fully saturated rings. The van der Waals surface area contributed by atoms with E-state index in [1.165, 1.54) is 5.69 Å². The summed E-state index contributed by atoms with van der Waals surface area (Å²) in [5.41, 5.74) is 1.78. The van der Waals surface area contributed by atoms with Crippen molar-refractivity contribution in [1.82, 2.24) is 5.32 Å². The number of hydrogen-bond donors (Lipinski definition) is 1. The standard InChI is InChI=1S/C16H25BN2O2/c1-15(2)16(3,4)21-17(20-15)13-7-5-6-8-14(13)19-11-9-18-10-12-19/h5-8,18H,9-12H2,1-4H3. The highest BCUT2D eigenvalue weighted by molar-refractivity contribution is 6.64. The molecule has 0 aromatic heterocycles. The molecule has 0 saturated carbocycles. The summed E-state index contributed by atoms with van der Waals surface area (Å²) in [4.78, 5) is 2.41. The Labute approximate surface area is 127 Å². The first kappa shape index (κ1) is 14.9. The first-order valence-electron chi connectivity index (χ1n) is 7.81. The maximum atomic E-state index is 6.22. The lowest BCUT2D eigenvalue weighted by atomic mass is 9.77. The van der Waals surface area contributed by atoms with Gasteiger partial charge in [-0.05, 0) is 33.8 Å². The molecule has 5 heteroatoms. The second-order valence-corrected chi connectivity index (χ2v) is 6.88. The maximum absolute atomic E-state index is 6.22. The zero-order valence-corrected chi connectivity index (χ0v) is 13.5. The second-order valence-electron chi connectivity index (χ2n) is 6.88. The van der Waals surface area contributed by atoms with E-state index in [1.807, 2.05) is 0 Å². The summed E-state index contributed by atoms with van der Waals surface area (Å²) in [5, 5.41) is 3.40. The van der Waals surface area contributed by atoms with Crippen molar-refractivity contribution in [2.24, 2.45) is 0 Å². The number of nitrogens with one attached hydrogen (secondary N) is 1. The van der Waals surface area contributed by atoms with Crippen LogP contribution in [0.2, 0.25) is 0 Å². The third-order valence-corrected chi connectivity index (χ3v) is 4.90. The molecule has 21 heavy (non-hydrogen) atoms. The Balaban J connectivity index is 1.89. The summed E-state index contributed by atoms with van der Waals surface area (Å²) in [6, 6.07) is 8.45. The molecule has 0 amide bonds. The van der Waals surface area contributed by atoms with Crippen LogP contribution in [0.25, 0.3) is 0 Å². The van der Waals surface area contributed by atoms with Crippen LogP contribution in [0.15, 0.2) is 24.3 Å². The maximum Gasteiger partial charge on any atom is 0.496 e. The largest absolute Gasteiger partial charge is 0.496 e. The molecule has 114 valence electrons. The molecule has 2 heterocycles. The van der Waals surface area contributed by atoms with Crippen molar-refractivity contribution in [2.45, 2.75) is 38.9 Å². The molecule has 0 atom stereocenters. The number of piperazine rings is 1. The Bertz CT molecular complexity index is 497. The fourth-order valence-corrected chi connectivity index (χ4v) is 2.85. The molecule has 2 saturated heterocycles. The number of nitrogens with zero attached hydrogens (tertiary/aromatic N) is 1. The zero-order chi connectivity index (χ0) is 15.1. The molecule has 0 radical (unpaired) electrons. The van der Waals surface area contributed by atoms with Gasteiger partial charge in [-0.25, -0.2) is 0 Å². The van der Waals surface area contributed by atoms with E-state index in [1.54, 1.807) is 0 Å². The van der Waals surface area contributed by atoms with Crippen molar-refractivity contribution in [1.29, 1.82) is 0 Å². The quantitative estimate of drug-likeness (QED) is 0.834. The van der Waals surface area contributed by atoms with Gasteiger partial charge < -0.3 is 19.5 Å². The molecule has 0 spiro atoms. The topological polar surface area (TPSA) is 33.7 Å². The van der Waals surface area contributed by atoms with Crippen molar-refractivity contribution in [3.8, 4) is 0 Å². The Morgan fingerprint density at radius 1 is 1.00 bits per heavy atom. The normalized spacial score (nSPS) is 24.4. The van der Waals surface area contributed by atoms with Crippen LogP contribution in [-0.2, 0) is 9.31 Å². The number of rotatable bonds is 2. The molecule has 0 aliphatic carbocycles. The third kappa shape index (κ3) is 2.70. The number of para-hydroxylation sites is 1. The molecule has 3 rings (SSSR count). The Morgan fingerprint density at radius 3 is 2.19 bits per heavy atom. The minimum Gasteiger partial charge on any atom is -0.399 e. The Morgan fingerprint density at radius 2 is 1.57 bits per heavy atom. The van der Waals surface area contributed by atoms with Gasteiger partial charge in [-0.2, -0.15) is 0 Å². The first-order valence-corrected chi connectivity index (χ1v) is 7.81. The van der Waals surface area contributed by atoms with Gasteiger partial charge in [0.25, 0.3) is 0 Å². The van der Waals surface area contributed by atoms with E-state index in [9.17, 15) is 0 Å². The van der Waals surface area contributed by atoms with Crippen LogP contribution in [0.1, 0.15) is 27.7 Å². The minimum absolute atomic E-state index is 0.291. The van der Waals surface area contributed by atoms with Crippen LogP contribution in [0.4, 0.5) is 5.69 Å². The Hall–Kier alpha value is -1.04. The molecule has 1 aromatic rings. The first-order chi connectivity index (χ1) is 9.91. The number of benzene rings is 1. The van der Waals surface area contributed by atoms with Gasteiger partial charge in [0.15, 0.2) is 0 Å². The SMILES string of the molecule is CC1(C)OB(c2ccccc2N2CCNCC2)OC1(C)C. The van der Waals surface area contributed by atoms with Crippen molar-refractivity contribution in [3.63, 3.8) is 0 Å². The highest BCUT2D eigenvalue weighted by atomic mass is 16.7. The lowest BCUT2D eigenvalue weighted by Crippen LogP contribution is -2.47. The fraction of sp³-hybridized carbons (Fsp3) is 0.625. The lowest BCUT2D eigenvalue weighted by molar-refractivity contribution is 0.00578. The zero-order valence-electron chi connectivity index (χ0n) is 13.5. The number of hydrogen-bond acceptors (Lipinski definition) is 4. The molecule has 1 aromatic carbocycles. The molecular formula is C16H25BN2O2. The highest BCUT2D eigenvalue weighted by Gasteiger charge is 2.52. The summed E-state index contributed by atoms with van der Waals surface area (Å²) < 4.78 is 12.4. The van der Waals surface area contributed by atoms with E-state index < -0.39 is 0 Å². The third-order valence-electron chi connectivity index (χ3n) is 4.90. The van der Waals surface area contributed by atoms with E-state index in [0.29, 0.717) is 0 Å². The molecule has 0 bridgehead atoms. The van der Waals surface area contributed by atoms with Crippen LogP contribution in [0.5, 0.6) is 0 Å². The summed E-state index contributed by atoms with van der Waals surface area (Å²) in [5.74, 6) is 0. The van der Waals surface area contributed by atoms with Gasteiger partial charge in [-0.15, -0.1) is 0 Å². The van der Waals surface area contributed by atoms with Gasteiger partial charge in [-0.3, -0.25) is 0 Å². The molecule has 0 unspecified atom stereocenters. The summed E-state index contributed by atoms with van der Waals surface area (Å²) in [6.07, 6.45) is 0. The molecule has 2 aliphatic rings. The fourth-order valence-electron chi connectivity index (χ4n) is 2.85. The average molecular weight is 288 g/mol. The molecule has 4 nitrogen and oxygen atoms in total. The average Bonchev–Trinajstić information content (AvgIpc) is 2.68. The molecular weight excluding hydrogens is 263 g/mol. The van der Waals surface area contributed by atoms with Gasteiger partial charge >= 0.3 is 7.12 Å². The number of anilines is 1. The smallest absolute Gasteiger partial charge is 0.399 e. The van der Waals surface area contributed by atoms with E-state index >= 15 is 0 Å². The summed E-state index contributed by atoms with van der Waals surface area (Å²) in [6.45, 7) is 12.5. The minimum atomic E-state index is -0.297. The van der Waals surface area contributed by atoms with Crippen LogP contribution >= 0.6 is 0 Å². The van der Waals surface area contributed by atoms with Gasteiger partial charge in [0.2, 0.25) is 0 Å². The van der Waals surface area contributed by atoms with E-state index in [0.717, 1.165) is 31.6 Å². The predicted molar refractivity (Wildman–Crippen MR) is 87.2 cm³/mol. The van der Waals surface area contributed by atoms with Crippen molar-refractivity contribution in [2.75, 3.05) is 31.1 Å². The van der Waals surface area contributed by atoms with Crippen LogP contribution in [0, 0.1) is 0 Å². The van der Waals surface area contributed by atoms with E-state index in [-0.39, 0.29) is 18.3 Å². The summed E-state index contributed by atoms with van der Waals surface area (Å²) in [7, 11) is -0.291. The van der Waals surface area contributed by atoms with Crippen LogP contribution < -0.4 is 15.7 Å². The highest BCUT2D eigenvalue weighted by Crippen LogP contribution is 2.37. The lowest BCUT2D eigenvalue weighted by Gasteiger charge is -2.32. The molecule has 1 N–H and O–H groups in total. The summed E-state index contributed by atoms with van der Waals surface area (Å²) >= 11 is 0. The second kappa shape index (κ2) is 5.31. The monoisotopic (exact) mass is 288 g/mol. The van der Waals surface area contributed by atoms with E-state index in [4.69, 9.17) is 9.31 Å². The van der Waals surface area contributed by atoms with Gasteiger partial charge in [0.05, 0.1) is 11.2 Å². The van der Waals surface area contributed by atoms with Crippen LogP contribution in [-0.4, -0.2) is 44.5 Å². The molecule has 2 aliphatic heterocycles. The van der Waals surface area contributed by atoms with Gasteiger partial charge in [-0.1, -0.05) is 18.2 Å². The van der Waals surface area contributed by atoms with Gasteiger partial charge in [0, 0.05) is 37.3 Å². The Kier molecular flexibility index (Phi) is 3.76. The van der Waals surface area contributed by atoms with Crippen molar-refractivity contribution in [3.05, 3.63) is 24.3 Å². The van der Waals surface area contributed by atoms with Crippen molar-refractivity contribution >= 4 is 18.3 Å².